The first-order chi connectivity index (χ1) is 60.6. The fourth-order valence-electron chi connectivity index (χ4n) is 17.4. The monoisotopic (exact) mass is 1740 g/mol. The van der Waals surface area contributed by atoms with E-state index in [1.807, 2.05) is 103 Å². The number of hydrogen-bond donors (Lipinski definition) is 0. The van der Waals surface area contributed by atoms with Gasteiger partial charge in [-0.2, -0.15) is 0 Å². The number of pyridine rings is 10. The minimum atomic E-state index is 0.631. The zero-order valence-corrected chi connectivity index (χ0v) is 76.5. The molecular weight excluding hydrogens is 1660 g/mol. The van der Waals surface area contributed by atoms with Crippen molar-refractivity contribution in [2.75, 3.05) is 0 Å². The van der Waals surface area contributed by atoms with Crippen LogP contribution in [-0.2, 0) is 35.2 Å². The SMILES string of the molecule is Cc1ccc2c(n1)oc1c3cc(C)c(-c4cccc[n+]4C)cc3oc21.Cc1ccc2c(n1)oc1c3ccc(C)c(-c4cccc[n+]4C)c3sc21.Cc1ccc2c(n1)sc1c3cc(C)c(-c4cccc[n+]4C)cc3sc21.Cc1ccc2c(n1)sc1c3ccc(C)c(-c4cccc[n+]4C)c3oc21.Cc1ccc2c(n1)sc1c3ccc(C)c(-c4cccc[n+]4C)c3sc21. The van der Waals surface area contributed by atoms with Gasteiger partial charge in [0.25, 0.3) is 0 Å². The Morgan fingerprint density at radius 3 is 1.14 bits per heavy atom. The number of hydrogen-bond acceptors (Lipinski definition) is 15. The lowest BCUT2D eigenvalue weighted by atomic mass is 10.0. The molecule has 0 aliphatic rings. The number of aryl methyl sites for hydroxylation is 15. The van der Waals surface area contributed by atoms with E-state index in [4.69, 9.17) is 27.6 Å². The summed E-state index contributed by atoms with van der Waals surface area (Å²) in [5.41, 5.74) is 30.3. The average molecular weight is 1740 g/mol. The van der Waals surface area contributed by atoms with Gasteiger partial charge >= 0.3 is 0 Å². The summed E-state index contributed by atoms with van der Waals surface area (Å²) >= 11 is 10.9. The van der Waals surface area contributed by atoms with Crippen molar-refractivity contribution in [1.82, 2.24) is 24.9 Å². The predicted octanol–water partition coefficient (Wildman–Crippen LogP) is 27.0. The molecule has 20 heteroatoms. The number of thiophene rings is 6. The van der Waals surface area contributed by atoms with Crippen molar-refractivity contribution in [3.8, 4) is 56.3 Å². The highest BCUT2D eigenvalue weighted by atomic mass is 32.1. The Bertz CT molecular complexity index is 8060. The molecule has 0 amide bonds. The van der Waals surface area contributed by atoms with Crippen LogP contribution >= 0.6 is 68.0 Å². The molecule has 0 unspecified atom stereocenters. The number of nitrogens with zero attached hydrogens (tertiary/aromatic N) is 10. The van der Waals surface area contributed by atoms with Crippen LogP contribution in [0.3, 0.4) is 0 Å². The van der Waals surface area contributed by atoms with Gasteiger partial charge in [-0.3, -0.25) is 0 Å². The molecule has 0 aliphatic heterocycles. The molecule has 25 rings (SSSR count). The quantitative estimate of drug-likeness (QED) is 0.154. The molecule has 0 saturated carbocycles. The third-order valence-corrected chi connectivity index (χ3v) is 31.2. The summed E-state index contributed by atoms with van der Waals surface area (Å²) in [4.78, 5) is 26.4. The van der Waals surface area contributed by atoms with E-state index < -0.39 is 0 Å². The van der Waals surface area contributed by atoms with Crippen LogP contribution in [0.5, 0.6) is 0 Å². The third kappa shape index (κ3) is 13.7. The van der Waals surface area contributed by atoms with E-state index in [0.29, 0.717) is 5.71 Å². The molecule has 0 spiro atoms. The van der Waals surface area contributed by atoms with E-state index in [1.165, 1.54) is 136 Å². The molecule has 20 heterocycles. The summed E-state index contributed by atoms with van der Waals surface area (Å²) in [6.45, 7) is 20.9. The van der Waals surface area contributed by atoms with E-state index in [-0.39, 0.29) is 0 Å². The molecule has 0 radical (unpaired) electrons. The van der Waals surface area contributed by atoms with Gasteiger partial charge in [-0.15, -0.1) is 68.0 Å². The van der Waals surface area contributed by atoms with Gasteiger partial charge in [0.15, 0.2) is 53.3 Å². The third-order valence-electron chi connectivity index (χ3n) is 23.9. The standard InChI is InChI=1S/C21H17N2O2.2C21H17N2OS.2C21H17N2S2/c1-12-10-16-18(11-15(12)17-6-4-5-9-23(17)3)24-19-14-8-7-13(2)22-21(14)25-20(16)19;1-12-7-9-14-18-20(15-10-8-13(2)22-21(15)24-18)25-19(14)17(12)16-6-4-5-11-23(16)3;1-12-7-9-14-18(17(12)16-6-4-5-11-23(16)3)24-19-15-10-8-13(2)22-21(15)25-20(14)19;1-12-7-9-14-18(17(12)16-6-4-5-11-23(16)3)24-20-15-10-8-13(2)22-21(15)25-19(14)20;1-12-10-16-18(11-15(12)17-6-4-5-9-23(17)3)24-19-14-8-7-13(2)22-21(14)25-20(16)19/h5*4-11H,1-3H3/q5*+1. The van der Waals surface area contributed by atoms with Gasteiger partial charge in [0.2, 0.25) is 39.9 Å². The Morgan fingerprint density at radius 1 is 0.232 bits per heavy atom. The maximum Gasteiger partial charge on any atom is 0.230 e. The van der Waals surface area contributed by atoms with E-state index in [0.717, 1.165) is 126 Å². The van der Waals surface area contributed by atoms with E-state index in [1.54, 1.807) is 22.7 Å². The molecule has 0 atom stereocenters. The van der Waals surface area contributed by atoms with E-state index in [2.05, 4.69) is 328 Å². The Hall–Kier alpha value is -13.2. The van der Waals surface area contributed by atoms with Gasteiger partial charge in [0.1, 0.15) is 60.9 Å². The number of rotatable bonds is 5. The zero-order chi connectivity index (χ0) is 85.6. The Kier molecular flexibility index (Phi) is 19.8. The van der Waals surface area contributed by atoms with Crippen LogP contribution in [-0.4, -0.2) is 24.9 Å². The molecule has 0 fully saturated rings. The minimum Gasteiger partial charge on any atom is -0.454 e. The molecule has 125 heavy (non-hydrogen) atoms. The van der Waals surface area contributed by atoms with Gasteiger partial charge < -0.3 is 17.7 Å². The molecule has 20 aromatic heterocycles. The molecule has 5 aromatic carbocycles. The highest BCUT2D eigenvalue weighted by Gasteiger charge is 2.28. The summed E-state index contributed by atoms with van der Waals surface area (Å²) in [5, 5.41) is 11.7. The smallest absolute Gasteiger partial charge is 0.230 e. The predicted molar refractivity (Wildman–Crippen MR) is 521 cm³/mol. The zero-order valence-electron chi connectivity index (χ0n) is 71.6. The Labute approximate surface area is 743 Å². The number of furan rings is 4. The van der Waals surface area contributed by atoms with Crippen molar-refractivity contribution in [1.29, 1.82) is 0 Å². The van der Waals surface area contributed by atoms with E-state index in [9.17, 15) is 0 Å². The van der Waals surface area contributed by atoms with Crippen LogP contribution in [0, 0.1) is 69.2 Å². The normalized spacial score (nSPS) is 11.8. The molecule has 0 N–H and O–H groups in total. The molecule has 25 aromatic rings. The second kappa shape index (κ2) is 31.2. The largest absolute Gasteiger partial charge is 0.454 e. The fourth-order valence-corrected chi connectivity index (χ4v) is 25.5. The first kappa shape index (κ1) is 79.0. The highest BCUT2D eigenvalue weighted by molar-refractivity contribution is 7.37. The Balaban J connectivity index is 0.0000000956. The highest BCUT2D eigenvalue weighted by Crippen LogP contribution is 2.51. The number of benzene rings is 5. The summed E-state index contributed by atoms with van der Waals surface area (Å²) in [6.07, 6.45) is 10.4. The minimum absolute atomic E-state index is 0.631. The maximum atomic E-state index is 6.42. The number of aromatic nitrogens is 10. The van der Waals surface area contributed by atoms with Gasteiger partial charge in [-0.25, -0.2) is 47.8 Å². The lowest BCUT2D eigenvalue weighted by molar-refractivity contribution is -0.660. The second-order valence-corrected chi connectivity index (χ2v) is 38.6. The van der Waals surface area contributed by atoms with Gasteiger partial charge in [-0.05, 0) is 224 Å². The van der Waals surface area contributed by atoms with Gasteiger partial charge in [-0.1, -0.05) is 24.3 Å². The fraction of sp³-hybridized carbons (Fsp3) is 0.143. The molecule has 610 valence electrons. The van der Waals surface area contributed by atoms with Crippen LogP contribution < -0.4 is 22.8 Å². The first-order valence-corrected chi connectivity index (χ1v) is 46.4. The molecular formula is C105H85N10O4S6+5. The average Bonchev–Trinajstić information content (AvgIpc) is 1.59. The van der Waals surface area contributed by atoms with Gasteiger partial charge in [0.05, 0.1) is 87.0 Å². The van der Waals surface area contributed by atoms with Crippen LogP contribution in [0.25, 0.3) is 212 Å². The van der Waals surface area contributed by atoms with Crippen LogP contribution in [0.1, 0.15) is 56.3 Å². The maximum absolute atomic E-state index is 6.42. The summed E-state index contributed by atoms with van der Waals surface area (Å²) in [6, 6.07) is 74.7. The van der Waals surface area contributed by atoms with Crippen LogP contribution in [0.4, 0.5) is 0 Å². The second-order valence-electron chi connectivity index (χ2n) is 32.6. The number of fused-ring (bicyclic) bond motifs is 25. The van der Waals surface area contributed by atoms with Crippen molar-refractivity contribution >= 4 is 224 Å². The van der Waals surface area contributed by atoms with Crippen molar-refractivity contribution in [2.45, 2.75) is 69.2 Å². The lowest BCUT2D eigenvalue weighted by Crippen LogP contribution is -2.30. The summed E-state index contributed by atoms with van der Waals surface area (Å²) < 4.78 is 47.4. The molecule has 0 bridgehead atoms. The van der Waals surface area contributed by atoms with Crippen molar-refractivity contribution in [2.24, 2.45) is 35.2 Å². The van der Waals surface area contributed by atoms with Crippen molar-refractivity contribution < 1.29 is 40.5 Å². The topological polar surface area (TPSA) is 136 Å². The molecule has 0 aliphatic carbocycles. The Morgan fingerprint density at radius 2 is 0.592 bits per heavy atom. The molecule has 14 nitrogen and oxygen atoms in total. The summed E-state index contributed by atoms with van der Waals surface area (Å²) in [7, 11) is 10.4. The van der Waals surface area contributed by atoms with E-state index >= 15 is 0 Å². The van der Waals surface area contributed by atoms with Crippen molar-refractivity contribution in [3.63, 3.8) is 0 Å². The summed E-state index contributed by atoms with van der Waals surface area (Å²) in [5.74, 6) is 0. The van der Waals surface area contributed by atoms with Gasteiger partial charge in [0, 0.05) is 126 Å². The van der Waals surface area contributed by atoms with Crippen LogP contribution in [0.15, 0.2) is 261 Å². The van der Waals surface area contributed by atoms with Crippen LogP contribution in [0.2, 0.25) is 0 Å². The van der Waals surface area contributed by atoms with Crippen molar-refractivity contribution in [3.05, 3.63) is 300 Å². The lowest BCUT2D eigenvalue weighted by Gasteiger charge is -2.05. The molecule has 0 saturated heterocycles. The first-order valence-electron chi connectivity index (χ1n) is 41.5.